The molecule has 1 amide bonds. The molecule has 0 unspecified atom stereocenters. The summed E-state index contributed by atoms with van der Waals surface area (Å²) in [5.41, 5.74) is 4.03. The number of aromatic nitrogens is 4. The van der Waals surface area contributed by atoms with Gasteiger partial charge < -0.3 is 16.0 Å². The molecule has 0 radical (unpaired) electrons. The molecule has 0 spiro atoms. The SMILES string of the molecule is O=C(Nc1ccc(NC(=S)Nc2ccc(-c3cc[nH]n3)c(Cl)c2)cc1)c1csnn1. The first kappa shape index (κ1) is 20.0. The van der Waals surface area contributed by atoms with Gasteiger partial charge in [-0.25, -0.2) is 0 Å². The van der Waals surface area contributed by atoms with Crippen molar-refractivity contribution in [2.24, 2.45) is 0 Å². The van der Waals surface area contributed by atoms with Crippen LogP contribution in [0.15, 0.2) is 60.1 Å². The quantitative estimate of drug-likeness (QED) is 0.324. The molecule has 0 fully saturated rings. The molecular formula is C19H14ClN7OS2. The number of amides is 1. The van der Waals surface area contributed by atoms with Crippen molar-refractivity contribution in [1.82, 2.24) is 19.8 Å². The van der Waals surface area contributed by atoms with Crippen LogP contribution < -0.4 is 16.0 Å². The van der Waals surface area contributed by atoms with E-state index in [2.05, 4.69) is 35.7 Å². The second kappa shape index (κ2) is 8.99. The van der Waals surface area contributed by atoms with Gasteiger partial charge in [0.25, 0.3) is 5.91 Å². The number of aromatic amines is 1. The highest BCUT2D eigenvalue weighted by atomic mass is 35.5. The number of halogens is 1. The van der Waals surface area contributed by atoms with E-state index in [1.807, 2.05) is 18.2 Å². The van der Waals surface area contributed by atoms with E-state index in [4.69, 9.17) is 23.8 Å². The lowest BCUT2D eigenvalue weighted by Gasteiger charge is -2.12. The molecule has 150 valence electrons. The van der Waals surface area contributed by atoms with Gasteiger partial charge in [0.1, 0.15) is 0 Å². The zero-order chi connectivity index (χ0) is 20.9. The number of thiocarbonyl (C=S) groups is 1. The summed E-state index contributed by atoms with van der Waals surface area (Å²) in [5.74, 6) is -0.309. The van der Waals surface area contributed by atoms with Gasteiger partial charge in [0, 0.05) is 34.2 Å². The summed E-state index contributed by atoms with van der Waals surface area (Å²) in [7, 11) is 0. The van der Waals surface area contributed by atoms with Gasteiger partial charge in [0.15, 0.2) is 10.8 Å². The fourth-order valence-corrected chi connectivity index (χ4v) is 3.55. The normalized spacial score (nSPS) is 10.4. The van der Waals surface area contributed by atoms with Crippen molar-refractivity contribution in [3.05, 3.63) is 70.8 Å². The third kappa shape index (κ3) is 4.79. The van der Waals surface area contributed by atoms with Crippen LogP contribution in [0.2, 0.25) is 5.02 Å². The van der Waals surface area contributed by atoms with Crippen molar-refractivity contribution in [2.75, 3.05) is 16.0 Å². The summed E-state index contributed by atoms with van der Waals surface area (Å²) in [6.07, 6.45) is 1.74. The lowest BCUT2D eigenvalue weighted by molar-refractivity contribution is 0.102. The van der Waals surface area contributed by atoms with E-state index in [-0.39, 0.29) is 11.6 Å². The fourth-order valence-electron chi connectivity index (χ4n) is 2.60. The van der Waals surface area contributed by atoms with Crippen molar-refractivity contribution >= 4 is 63.4 Å². The number of anilines is 3. The van der Waals surface area contributed by atoms with Crippen LogP contribution in [0.1, 0.15) is 10.5 Å². The number of nitrogens with zero attached hydrogens (tertiary/aromatic N) is 3. The standard InChI is InChI=1S/C19H14ClN7OS2/c20-15-9-13(5-6-14(15)16-7-8-21-25-16)24-19(29)23-12-3-1-11(2-4-12)22-18(28)17-10-30-27-26-17/h1-10H,(H,21,25)(H,22,28)(H2,23,24,29). The lowest BCUT2D eigenvalue weighted by atomic mass is 10.1. The van der Waals surface area contributed by atoms with Crippen LogP contribution in [-0.2, 0) is 0 Å². The predicted octanol–water partition coefficient (Wildman–Crippen LogP) is 4.64. The molecule has 4 aromatic rings. The number of benzene rings is 2. The second-order valence-electron chi connectivity index (χ2n) is 6.05. The molecule has 8 nitrogen and oxygen atoms in total. The molecule has 0 saturated heterocycles. The Bertz CT molecular complexity index is 1160. The van der Waals surface area contributed by atoms with Crippen molar-refractivity contribution in [1.29, 1.82) is 0 Å². The maximum Gasteiger partial charge on any atom is 0.277 e. The largest absolute Gasteiger partial charge is 0.332 e. The summed E-state index contributed by atoms with van der Waals surface area (Å²) < 4.78 is 3.68. The Hall–Kier alpha value is -3.34. The number of nitrogens with one attached hydrogen (secondary N) is 4. The first-order valence-electron chi connectivity index (χ1n) is 8.65. The number of carbonyl (C=O) groups excluding carboxylic acids is 1. The third-order valence-corrected chi connectivity index (χ3v) is 5.02. The van der Waals surface area contributed by atoms with Gasteiger partial charge in [-0.3, -0.25) is 9.89 Å². The van der Waals surface area contributed by atoms with Gasteiger partial charge in [-0.1, -0.05) is 16.1 Å². The van der Waals surface area contributed by atoms with Gasteiger partial charge in [-0.2, -0.15) is 5.10 Å². The van der Waals surface area contributed by atoms with E-state index >= 15 is 0 Å². The Kier molecular flexibility index (Phi) is 5.98. The summed E-state index contributed by atoms with van der Waals surface area (Å²) in [6, 6.07) is 14.5. The number of hydrogen-bond acceptors (Lipinski definition) is 6. The minimum Gasteiger partial charge on any atom is -0.332 e. The zero-order valence-electron chi connectivity index (χ0n) is 15.2. The lowest BCUT2D eigenvalue weighted by Crippen LogP contribution is -2.19. The highest BCUT2D eigenvalue weighted by molar-refractivity contribution is 7.80. The molecule has 0 aliphatic carbocycles. The Labute approximate surface area is 185 Å². The van der Waals surface area contributed by atoms with Crippen molar-refractivity contribution in [3.8, 4) is 11.3 Å². The van der Waals surface area contributed by atoms with Crippen LogP contribution in [0.4, 0.5) is 17.1 Å². The first-order chi connectivity index (χ1) is 14.6. The van der Waals surface area contributed by atoms with Crippen LogP contribution in [0.5, 0.6) is 0 Å². The Morgan fingerprint density at radius 3 is 2.33 bits per heavy atom. The number of H-pyrrole nitrogens is 1. The van der Waals surface area contributed by atoms with Crippen molar-refractivity contribution < 1.29 is 4.79 Å². The Morgan fingerprint density at radius 2 is 1.70 bits per heavy atom. The molecule has 4 N–H and O–H groups in total. The second-order valence-corrected chi connectivity index (χ2v) is 7.48. The summed E-state index contributed by atoms with van der Waals surface area (Å²) in [5, 5.41) is 22.1. The van der Waals surface area contributed by atoms with E-state index in [1.54, 1.807) is 41.9 Å². The van der Waals surface area contributed by atoms with Crippen molar-refractivity contribution in [2.45, 2.75) is 0 Å². The first-order valence-corrected chi connectivity index (χ1v) is 10.3. The molecule has 2 aromatic heterocycles. The van der Waals surface area contributed by atoms with E-state index in [9.17, 15) is 4.79 Å². The Morgan fingerprint density at radius 1 is 1.00 bits per heavy atom. The third-order valence-electron chi connectivity index (χ3n) is 4.00. The molecule has 0 atom stereocenters. The summed E-state index contributed by atoms with van der Waals surface area (Å²) in [4.78, 5) is 12.0. The van der Waals surface area contributed by atoms with Gasteiger partial charge in [0.05, 0.1) is 10.7 Å². The van der Waals surface area contributed by atoms with Gasteiger partial charge in [-0.05, 0) is 72.3 Å². The highest BCUT2D eigenvalue weighted by Gasteiger charge is 2.10. The maximum absolute atomic E-state index is 12.0. The summed E-state index contributed by atoms with van der Waals surface area (Å²) in [6.45, 7) is 0. The van der Waals surface area contributed by atoms with Gasteiger partial charge >= 0.3 is 0 Å². The smallest absolute Gasteiger partial charge is 0.277 e. The number of hydrogen-bond donors (Lipinski definition) is 4. The molecule has 11 heteroatoms. The van der Waals surface area contributed by atoms with E-state index in [0.29, 0.717) is 15.8 Å². The molecule has 2 aromatic carbocycles. The molecule has 0 aliphatic rings. The predicted molar refractivity (Wildman–Crippen MR) is 123 cm³/mol. The van der Waals surface area contributed by atoms with E-state index in [1.165, 1.54) is 0 Å². The average Bonchev–Trinajstić information content (AvgIpc) is 3.44. The van der Waals surface area contributed by atoms with Crippen molar-refractivity contribution in [3.63, 3.8) is 0 Å². The van der Waals surface area contributed by atoms with E-state index in [0.717, 1.165) is 34.2 Å². The Balaban J connectivity index is 1.35. The van der Waals surface area contributed by atoms with Crippen LogP contribution in [0.3, 0.4) is 0 Å². The molecule has 0 saturated carbocycles. The molecule has 30 heavy (non-hydrogen) atoms. The van der Waals surface area contributed by atoms with Crippen LogP contribution >= 0.6 is 35.4 Å². The van der Waals surface area contributed by atoms with Crippen LogP contribution in [0, 0.1) is 0 Å². The molecule has 4 rings (SSSR count). The minimum atomic E-state index is -0.309. The molecule has 0 aliphatic heterocycles. The molecule has 0 bridgehead atoms. The minimum absolute atomic E-state index is 0.282. The zero-order valence-corrected chi connectivity index (χ0v) is 17.6. The number of rotatable bonds is 5. The summed E-state index contributed by atoms with van der Waals surface area (Å²) >= 11 is 12.8. The highest BCUT2D eigenvalue weighted by Crippen LogP contribution is 2.29. The van der Waals surface area contributed by atoms with E-state index < -0.39 is 0 Å². The molecule has 2 heterocycles. The fraction of sp³-hybridized carbons (Fsp3) is 0. The average molecular weight is 456 g/mol. The topological polar surface area (TPSA) is 108 Å². The maximum atomic E-state index is 12.0. The monoisotopic (exact) mass is 455 g/mol. The van der Waals surface area contributed by atoms with Gasteiger partial charge in [-0.15, -0.1) is 5.10 Å². The molecular weight excluding hydrogens is 442 g/mol. The van der Waals surface area contributed by atoms with Crippen LogP contribution in [0.25, 0.3) is 11.3 Å². The van der Waals surface area contributed by atoms with Gasteiger partial charge in [0.2, 0.25) is 0 Å². The van der Waals surface area contributed by atoms with Crippen LogP contribution in [-0.4, -0.2) is 30.8 Å². The number of carbonyl (C=O) groups is 1.